The van der Waals surface area contributed by atoms with Crippen molar-refractivity contribution in [3.8, 4) is 0 Å². The number of hydrogen-bond donors (Lipinski definition) is 2. The Balaban J connectivity index is 2.03. The summed E-state index contributed by atoms with van der Waals surface area (Å²) in [5.41, 5.74) is 10.8. The zero-order valence-electron chi connectivity index (χ0n) is 16.8. The van der Waals surface area contributed by atoms with Gasteiger partial charge in [0, 0.05) is 32.6 Å². The molecule has 2 rings (SSSR count). The van der Waals surface area contributed by atoms with E-state index >= 15 is 0 Å². The summed E-state index contributed by atoms with van der Waals surface area (Å²) < 4.78 is 0. The Morgan fingerprint density at radius 2 is 2.00 bits per heavy atom. The lowest BCUT2D eigenvalue weighted by molar-refractivity contribution is -0.119. The van der Waals surface area contributed by atoms with Crippen molar-refractivity contribution < 1.29 is 4.79 Å². The number of guanidine groups is 1. The lowest BCUT2D eigenvalue weighted by Gasteiger charge is -2.34. The lowest BCUT2D eigenvalue weighted by Crippen LogP contribution is -2.47. The monoisotopic (exact) mass is 358 g/mol. The van der Waals surface area contributed by atoms with Crippen molar-refractivity contribution in [3.63, 3.8) is 0 Å². The van der Waals surface area contributed by atoms with Gasteiger partial charge < -0.3 is 16.0 Å². The molecule has 1 saturated heterocycles. The van der Waals surface area contributed by atoms with Gasteiger partial charge >= 0.3 is 0 Å². The van der Waals surface area contributed by atoms with Gasteiger partial charge in [0.2, 0.25) is 5.91 Å². The largest absolute Gasteiger partial charge is 0.370 e. The molecule has 0 aliphatic carbocycles. The van der Waals surface area contributed by atoms with Gasteiger partial charge in [-0.05, 0) is 69.6 Å². The number of carbonyl (C=O) groups is 1. The maximum atomic E-state index is 11.2. The quantitative estimate of drug-likeness (QED) is 0.607. The summed E-state index contributed by atoms with van der Waals surface area (Å²) in [6.07, 6.45) is 3.57. The molecule has 0 aromatic heterocycles. The fraction of sp³-hybridized carbons (Fsp3) is 0.619. The Hall–Kier alpha value is -2.04. The van der Waals surface area contributed by atoms with Crippen LogP contribution in [0.5, 0.6) is 0 Å². The average Bonchev–Trinajstić information content (AvgIpc) is 2.55. The number of aliphatic imine (C=N–C) groups is 1. The second kappa shape index (κ2) is 9.60. The Bertz CT molecular complexity index is 630. The summed E-state index contributed by atoms with van der Waals surface area (Å²) in [5.74, 6) is 1.10. The first-order chi connectivity index (χ1) is 12.4. The highest BCUT2D eigenvalue weighted by Gasteiger charge is 2.23. The van der Waals surface area contributed by atoms with Crippen LogP contribution in [-0.4, -0.2) is 42.9 Å². The molecule has 26 heavy (non-hydrogen) atoms. The molecule has 1 atom stereocenters. The highest BCUT2D eigenvalue weighted by atomic mass is 16.1. The zero-order chi connectivity index (χ0) is 19.1. The van der Waals surface area contributed by atoms with E-state index in [2.05, 4.69) is 50.0 Å². The number of nitrogens with one attached hydrogen (secondary N) is 1. The predicted molar refractivity (Wildman–Crippen MR) is 108 cm³/mol. The third kappa shape index (κ3) is 5.75. The second-order valence-electron chi connectivity index (χ2n) is 7.49. The smallest absolute Gasteiger partial charge is 0.217 e. The number of piperidine rings is 1. The second-order valence-corrected chi connectivity index (χ2v) is 7.49. The molecule has 144 valence electrons. The van der Waals surface area contributed by atoms with Gasteiger partial charge in [-0.25, -0.2) is 0 Å². The van der Waals surface area contributed by atoms with Crippen LogP contribution in [-0.2, 0) is 11.2 Å². The van der Waals surface area contributed by atoms with Crippen LogP contribution in [0.1, 0.15) is 48.4 Å². The molecule has 0 radical (unpaired) electrons. The van der Waals surface area contributed by atoms with Gasteiger partial charge in [-0.3, -0.25) is 9.79 Å². The molecule has 1 fully saturated rings. The Kier molecular flexibility index (Phi) is 7.49. The van der Waals surface area contributed by atoms with Gasteiger partial charge in [0.15, 0.2) is 5.96 Å². The van der Waals surface area contributed by atoms with E-state index in [-0.39, 0.29) is 5.91 Å². The first-order valence-electron chi connectivity index (χ1n) is 9.79. The van der Waals surface area contributed by atoms with E-state index in [1.54, 1.807) is 0 Å². The molecule has 1 unspecified atom stereocenters. The zero-order valence-corrected chi connectivity index (χ0v) is 16.8. The van der Waals surface area contributed by atoms with Crippen molar-refractivity contribution in [2.75, 3.05) is 26.2 Å². The highest BCUT2D eigenvalue weighted by molar-refractivity contribution is 5.80. The summed E-state index contributed by atoms with van der Waals surface area (Å²) in [7, 11) is 0. The van der Waals surface area contributed by atoms with Gasteiger partial charge in [-0.1, -0.05) is 17.7 Å². The Morgan fingerprint density at radius 3 is 2.62 bits per heavy atom. The third-order valence-electron chi connectivity index (χ3n) is 5.11. The van der Waals surface area contributed by atoms with Crippen LogP contribution in [0.3, 0.4) is 0 Å². The molecule has 1 amide bonds. The normalized spacial score (nSPS) is 18.1. The molecule has 1 aliphatic rings. The predicted octanol–water partition coefficient (Wildman–Crippen LogP) is 2.71. The van der Waals surface area contributed by atoms with Crippen molar-refractivity contribution in [1.82, 2.24) is 10.2 Å². The first kappa shape index (κ1) is 20.3. The summed E-state index contributed by atoms with van der Waals surface area (Å²) in [6.45, 7) is 12.1. The van der Waals surface area contributed by atoms with Crippen molar-refractivity contribution in [1.29, 1.82) is 0 Å². The fourth-order valence-corrected chi connectivity index (χ4v) is 4.01. The maximum absolute atomic E-state index is 11.2. The molecule has 0 saturated carbocycles. The van der Waals surface area contributed by atoms with E-state index in [0.29, 0.717) is 12.3 Å². The van der Waals surface area contributed by atoms with E-state index in [0.717, 1.165) is 51.4 Å². The summed E-state index contributed by atoms with van der Waals surface area (Å²) in [5, 5.41) is 3.41. The molecule has 3 N–H and O–H groups in total. The van der Waals surface area contributed by atoms with Gasteiger partial charge in [-0.2, -0.15) is 0 Å². The number of likely N-dealkylation sites (tertiary alicyclic amines) is 1. The van der Waals surface area contributed by atoms with Gasteiger partial charge in [0.25, 0.3) is 0 Å². The SMILES string of the molecule is CCNC(=NCCc1c(C)cc(C)cc1C)N1CCCC(CC(N)=O)C1. The lowest BCUT2D eigenvalue weighted by atomic mass is 9.95. The Labute approximate surface area is 158 Å². The van der Waals surface area contributed by atoms with Crippen LogP contribution in [0.15, 0.2) is 17.1 Å². The number of benzene rings is 1. The molecule has 1 aromatic rings. The van der Waals surface area contributed by atoms with Crippen LogP contribution in [0.25, 0.3) is 0 Å². The first-order valence-corrected chi connectivity index (χ1v) is 9.79. The minimum Gasteiger partial charge on any atom is -0.370 e. The highest BCUT2D eigenvalue weighted by Crippen LogP contribution is 2.20. The maximum Gasteiger partial charge on any atom is 0.217 e. The molecule has 0 bridgehead atoms. The number of rotatable bonds is 6. The van der Waals surface area contributed by atoms with Gasteiger partial charge in [0.1, 0.15) is 0 Å². The van der Waals surface area contributed by atoms with Crippen molar-refractivity contribution in [2.45, 2.75) is 53.4 Å². The molecule has 1 aliphatic heterocycles. The van der Waals surface area contributed by atoms with Crippen molar-refractivity contribution in [3.05, 3.63) is 34.4 Å². The molecule has 1 heterocycles. The van der Waals surface area contributed by atoms with Crippen molar-refractivity contribution in [2.24, 2.45) is 16.6 Å². The molecular weight excluding hydrogens is 324 g/mol. The van der Waals surface area contributed by atoms with E-state index in [9.17, 15) is 4.79 Å². The van der Waals surface area contributed by atoms with Crippen molar-refractivity contribution >= 4 is 11.9 Å². The molecule has 1 aromatic carbocycles. The molecule has 0 spiro atoms. The third-order valence-corrected chi connectivity index (χ3v) is 5.11. The number of nitrogens with zero attached hydrogens (tertiary/aromatic N) is 2. The molecule has 5 heteroatoms. The number of carbonyl (C=O) groups excluding carboxylic acids is 1. The fourth-order valence-electron chi connectivity index (χ4n) is 4.01. The number of nitrogens with two attached hydrogens (primary N) is 1. The topological polar surface area (TPSA) is 70.7 Å². The van der Waals surface area contributed by atoms with E-state index in [4.69, 9.17) is 10.7 Å². The van der Waals surface area contributed by atoms with Crippen LogP contribution in [0, 0.1) is 26.7 Å². The standard InChI is InChI=1S/C21H34N4O/c1-5-23-21(25-10-6-7-18(14-25)13-20(22)26)24-9-8-19-16(3)11-15(2)12-17(19)4/h11-12,18H,5-10,13-14H2,1-4H3,(H2,22,26)(H,23,24). The van der Waals surface area contributed by atoms with Gasteiger partial charge in [0.05, 0.1) is 0 Å². The summed E-state index contributed by atoms with van der Waals surface area (Å²) in [4.78, 5) is 18.4. The van der Waals surface area contributed by atoms with Gasteiger partial charge in [-0.15, -0.1) is 0 Å². The molecule has 5 nitrogen and oxygen atoms in total. The minimum absolute atomic E-state index is 0.205. The van der Waals surface area contributed by atoms with E-state index in [1.807, 2.05) is 0 Å². The van der Waals surface area contributed by atoms with E-state index in [1.165, 1.54) is 22.3 Å². The van der Waals surface area contributed by atoms with Crippen LogP contribution in [0.4, 0.5) is 0 Å². The number of aryl methyl sites for hydroxylation is 3. The van der Waals surface area contributed by atoms with Crippen LogP contribution >= 0.6 is 0 Å². The average molecular weight is 359 g/mol. The number of amides is 1. The van der Waals surface area contributed by atoms with Crippen LogP contribution in [0.2, 0.25) is 0 Å². The van der Waals surface area contributed by atoms with Crippen LogP contribution < -0.4 is 11.1 Å². The number of hydrogen-bond acceptors (Lipinski definition) is 2. The summed E-state index contributed by atoms with van der Waals surface area (Å²) >= 11 is 0. The van der Waals surface area contributed by atoms with E-state index < -0.39 is 0 Å². The molecular formula is C21H34N4O. The minimum atomic E-state index is -0.205. The summed E-state index contributed by atoms with van der Waals surface area (Å²) in [6, 6.07) is 4.49. The Morgan fingerprint density at radius 1 is 1.31 bits per heavy atom. The number of primary amides is 1.